The lowest BCUT2D eigenvalue weighted by atomic mass is 10.1. The number of ether oxygens (including phenoxy) is 1. The van der Waals surface area contributed by atoms with E-state index in [4.69, 9.17) is 4.74 Å². The van der Waals surface area contributed by atoms with Gasteiger partial charge in [-0.25, -0.2) is 4.39 Å². The van der Waals surface area contributed by atoms with Crippen molar-refractivity contribution >= 4 is 23.4 Å². The number of hydrogen-bond acceptors (Lipinski definition) is 4. The van der Waals surface area contributed by atoms with E-state index in [0.29, 0.717) is 31.7 Å². The molecular weight excluding hydrogens is 401 g/mol. The van der Waals surface area contributed by atoms with E-state index in [2.05, 4.69) is 5.32 Å². The number of carbonyl (C=O) groups excluding carboxylic acids is 3. The molecule has 0 aliphatic carbocycles. The van der Waals surface area contributed by atoms with E-state index in [0.717, 1.165) is 11.6 Å². The van der Waals surface area contributed by atoms with Crippen LogP contribution in [-0.4, -0.2) is 48.4 Å². The molecule has 1 N–H and O–H groups in total. The largest absolute Gasteiger partial charge is 0.494 e. The van der Waals surface area contributed by atoms with Gasteiger partial charge in [-0.2, -0.15) is 0 Å². The molecule has 2 aliphatic rings. The van der Waals surface area contributed by atoms with Crippen LogP contribution in [0.2, 0.25) is 0 Å². The summed E-state index contributed by atoms with van der Waals surface area (Å²) in [7, 11) is 0. The van der Waals surface area contributed by atoms with Crippen LogP contribution in [0.25, 0.3) is 0 Å². The Morgan fingerprint density at radius 1 is 1.23 bits per heavy atom. The molecule has 0 aromatic heterocycles. The molecule has 2 heterocycles. The van der Waals surface area contributed by atoms with Crippen LogP contribution in [-0.2, 0) is 16.1 Å². The summed E-state index contributed by atoms with van der Waals surface area (Å²) in [5.74, 6) is -0.952. The molecule has 1 unspecified atom stereocenters. The molecule has 1 fully saturated rings. The maximum Gasteiger partial charge on any atom is 0.256 e. The molecule has 8 heteroatoms. The summed E-state index contributed by atoms with van der Waals surface area (Å²) in [6.45, 7) is 2.81. The van der Waals surface area contributed by atoms with Gasteiger partial charge in [-0.1, -0.05) is 18.2 Å². The van der Waals surface area contributed by atoms with Crippen molar-refractivity contribution in [2.75, 3.05) is 24.6 Å². The summed E-state index contributed by atoms with van der Waals surface area (Å²) in [4.78, 5) is 41.7. The number of fused-ring (bicyclic) bond motifs is 2. The van der Waals surface area contributed by atoms with Crippen LogP contribution in [0, 0.1) is 5.82 Å². The molecule has 7 nitrogen and oxygen atoms in total. The highest BCUT2D eigenvalue weighted by molar-refractivity contribution is 6.12. The van der Waals surface area contributed by atoms with Crippen molar-refractivity contribution < 1.29 is 23.5 Å². The normalized spacial score (nSPS) is 17.8. The van der Waals surface area contributed by atoms with Gasteiger partial charge in [-0.05, 0) is 44.0 Å². The van der Waals surface area contributed by atoms with Gasteiger partial charge in [0.1, 0.15) is 24.2 Å². The van der Waals surface area contributed by atoms with Crippen LogP contribution < -0.4 is 15.0 Å². The summed E-state index contributed by atoms with van der Waals surface area (Å²) < 4.78 is 19.5. The van der Waals surface area contributed by atoms with E-state index in [1.165, 1.54) is 21.9 Å². The Morgan fingerprint density at radius 2 is 2.03 bits per heavy atom. The van der Waals surface area contributed by atoms with Crippen LogP contribution >= 0.6 is 0 Å². The first kappa shape index (κ1) is 20.8. The van der Waals surface area contributed by atoms with Crippen LogP contribution in [0.4, 0.5) is 10.1 Å². The van der Waals surface area contributed by atoms with Crippen molar-refractivity contribution in [3.05, 3.63) is 59.4 Å². The lowest BCUT2D eigenvalue weighted by Gasteiger charge is -2.25. The number of para-hydroxylation sites is 1. The minimum atomic E-state index is -0.630. The molecule has 162 valence electrons. The van der Waals surface area contributed by atoms with Crippen molar-refractivity contribution in [2.24, 2.45) is 0 Å². The van der Waals surface area contributed by atoms with E-state index >= 15 is 0 Å². The Hall–Kier alpha value is -3.42. The lowest BCUT2D eigenvalue weighted by Crippen LogP contribution is -2.48. The molecule has 0 saturated carbocycles. The van der Waals surface area contributed by atoms with Crippen LogP contribution in [0.15, 0.2) is 42.5 Å². The first-order valence-electron chi connectivity index (χ1n) is 10.4. The summed E-state index contributed by atoms with van der Waals surface area (Å²) >= 11 is 0. The van der Waals surface area contributed by atoms with E-state index in [1.54, 1.807) is 0 Å². The van der Waals surface area contributed by atoms with Gasteiger partial charge in [0.05, 0.1) is 17.9 Å². The molecule has 1 atom stereocenters. The third kappa shape index (κ3) is 4.10. The van der Waals surface area contributed by atoms with Crippen molar-refractivity contribution in [2.45, 2.75) is 32.4 Å². The third-order valence-electron chi connectivity index (χ3n) is 5.59. The van der Waals surface area contributed by atoms with Gasteiger partial charge in [0.15, 0.2) is 0 Å². The second-order valence-electron chi connectivity index (χ2n) is 7.56. The zero-order valence-electron chi connectivity index (χ0n) is 17.3. The summed E-state index contributed by atoms with van der Waals surface area (Å²) in [6.07, 6.45) is 1.22. The highest BCUT2D eigenvalue weighted by Gasteiger charge is 2.42. The molecular formula is C23H24FN3O4. The number of nitrogens with one attached hydrogen (secondary N) is 1. The minimum absolute atomic E-state index is 0.104. The van der Waals surface area contributed by atoms with E-state index in [1.807, 2.05) is 31.2 Å². The van der Waals surface area contributed by atoms with E-state index < -0.39 is 11.9 Å². The highest BCUT2D eigenvalue weighted by Crippen LogP contribution is 2.32. The fourth-order valence-corrected chi connectivity index (χ4v) is 4.14. The number of anilines is 1. The van der Waals surface area contributed by atoms with Gasteiger partial charge in [0, 0.05) is 18.7 Å². The number of rotatable bonds is 6. The summed E-state index contributed by atoms with van der Waals surface area (Å²) in [5.41, 5.74) is 1.18. The Kier molecular flexibility index (Phi) is 5.88. The molecule has 4 rings (SSSR count). The predicted octanol–water partition coefficient (Wildman–Crippen LogP) is 2.49. The fraction of sp³-hybridized carbons (Fsp3) is 0.348. The first-order chi connectivity index (χ1) is 15.0. The number of benzene rings is 2. The second kappa shape index (κ2) is 8.75. The van der Waals surface area contributed by atoms with Crippen LogP contribution in [0.5, 0.6) is 5.75 Å². The van der Waals surface area contributed by atoms with Gasteiger partial charge in [0.25, 0.3) is 5.91 Å². The van der Waals surface area contributed by atoms with Gasteiger partial charge < -0.3 is 19.9 Å². The van der Waals surface area contributed by atoms with Gasteiger partial charge in [0.2, 0.25) is 11.8 Å². The standard InChI is InChI=1S/C23H24FN3O4/c1-2-31-20-8-4-3-6-15(20)13-25-21(28)14-27-18-10-9-16(24)12-17(18)22(29)26-11-5-7-19(26)23(27)30/h3-4,6,8-10,12,19H,2,5,7,11,13-14H2,1H3,(H,25,28). The smallest absolute Gasteiger partial charge is 0.256 e. The average molecular weight is 425 g/mol. The number of hydrogen-bond donors (Lipinski definition) is 1. The molecule has 2 aromatic rings. The van der Waals surface area contributed by atoms with Crippen molar-refractivity contribution in [1.29, 1.82) is 0 Å². The van der Waals surface area contributed by atoms with E-state index in [9.17, 15) is 18.8 Å². The monoisotopic (exact) mass is 425 g/mol. The average Bonchev–Trinajstić information content (AvgIpc) is 3.24. The summed E-state index contributed by atoms with van der Waals surface area (Å²) in [6, 6.07) is 10.5. The van der Waals surface area contributed by atoms with Crippen molar-refractivity contribution in [3.8, 4) is 5.75 Å². The minimum Gasteiger partial charge on any atom is -0.494 e. The molecule has 2 aromatic carbocycles. The van der Waals surface area contributed by atoms with Crippen molar-refractivity contribution in [1.82, 2.24) is 10.2 Å². The summed E-state index contributed by atoms with van der Waals surface area (Å²) in [5, 5.41) is 2.81. The van der Waals surface area contributed by atoms with Gasteiger partial charge in [-0.3, -0.25) is 14.4 Å². The predicted molar refractivity (Wildman–Crippen MR) is 112 cm³/mol. The third-order valence-corrected chi connectivity index (χ3v) is 5.59. The Morgan fingerprint density at radius 3 is 2.84 bits per heavy atom. The zero-order chi connectivity index (χ0) is 22.0. The van der Waals surface area contributed by atoms with Crippen molar-refractivity contribution in [3.63, 3.8) is 0 Å². The quantitative estimate of drug-likeness (QED) is 0.771. The second-order valence-corrected chi connectivity index (χ2v) is 7.56. The maximum absolute atomic E-state index is 13.9. The van der Waals surface area contributed by atoms with Gasteiger partial charge in [-0.15, -0.1) is 0 Å². The van der Waals surface area contributed by atoms with Crippen LogP contribution in [0.1, 0.15) is 35.7 Å². The van der Waals surface area contributed by atoms with Crippen LogP contribution in [0.3, 0.4) is 0 Å². The molecule has 0 bridgehead atoms. The topological polar surface area (TPSA) is 79.0 Å². The lowest BCUT2D eigenvalue weighted by molar-refractivity contribution is -0.125. The molecule has 1 saturated heterocycles. The van der Waals surface area contributed by atoms with Gasteiger partial charge >= 0.3 is 0 Å². The number of halogens is 1. The SMILES string of the molecule is CCOc1ccccc1CNC(=O)CN1C(=O)C2CCCN2C(=O)c2cc(F)ccc21. The Balaban J connectivity index is 1.55. The molecule has 3 amide bonds. The Labute approximate surface area is 179 Å². The zero-order valence-corrected chi connectivity index (χ0v) is 17.3. The first-order valence-corrected chi connectivity index (χ1v) is 10.4. The maximum atomic E-state index is 13.9. The molecule has 31 heavy (non-hydrogen) atoms. The molecule has 2 aliphatic heterocycles. The number of carbonyl (C=O) groups is 3. The Bertz CT molecular complexity index is 1030. The molecule has 0 spiro atoms. The fourth-order valence-electron chi connectivity index (χ4n) is 4.14. The number of nitrogens with zero attached hydrogens (tertiary/aromatic N) is 2. The van der Waals surface area contributed by atoms with E-state index in [-0.39, 0.29) is 42.1 Å². The highest BCUT2D eigenvalue weighted by atomic mass is 19.1. The molecule has 0 radical (unpaired) electrons. The number of amides is 3.